The minimum atomic E-state index is -0.124. The van der Waals surface area contributed by atoms with Crippen molar-refractivity contribution in [2.75, 3.05) is 18.4 Å². The van der Waals surface area contributed by atoms with Crippen molar-refractivity contribution in [2.24, 2.45) is 0 Å². The molecule has 0 atom stereocenters. The summed E-state index contributed by atoms with van der Waals surface area (Å²) in [4.78, 5) is 18.9. The number of amides is 1. The average Bonchev–Trinajstić information content (AvgIpc) is 2.81. The number of aromatic nitrogens is 1. The van der Waals surface area contributed by atoms with Crippen molar-refractivity contribution in [3.05, 3.63) is 83.7 Å². The Morgan fingerprint density at radius 2 is 1.65 bits per heavy atom. The molecule has 1 aliphatic rings. The van der Waals surface area contributed by atoms with Crippen molar-refractivity contribution in [1.29, 1.82) is 0 Å². The maximum atomic E-state index is 12.6. The predicted octanol–water partition coefficient (Wildman–Crippen LogP) is 4.45. The number of phenolic OH excluding ortho intramolecular Hbond substituents is 1. The van der Waals surface area contributed by atoms with Crippen molar-refractivity contribution in [1.82, 2.24) is 15.2 Å². The molecule has 4 rings (SSSR count). The Morgan fingerprint density at radius 3 is 2.39 bits per heavy atom. The zero-order valence-electron chi connectivity index (χ0n) is 17.6. The van der Waals surface area contributed by atoms with Gasteiger partial charge in [-0.2, -0.15) is 0 Å². The molecular formula is C25H28N4O2. The van der Waals surface area contributed by atoms with E-state index in [1.54, 1.807) is 30.6 Å². The normalized spacial score (nSPS) is 14.2. The topological polar surface area (TPSA) is 77.5 Å². The molecule has 1 aromatic heterocycles. The molecule has 31 heavy (non-hydrogen) atoms. The second-order valence-electron chi connectivity index (χ2n) is 7.92. The molecule has 2 heterocycles. The zero-order valence-corrected chi connectivity index (χ0v) is 17.6. The molecule has 3 N–H and O–H groups in total. The number of benzene rings is 2. The van der Waals surface area contributed by atoms with E-state index in [1.165, 1.54) is 19.3 Å². The fourth-order valence-corrected chi connectivity index (χ4v) is 3.83. The lowest BCUT2D eigenvalue weighted by molar-refractivity contribution is 0.0951. The summed E-state index contributed by atoms with van der Waals surface area (Å²) in [5.41, 5.74) is 4.35. The van der Waals surface area contributed by atoms with E-state index in [-0.39, 0.29) is 5.91 Å². The maximum Gasteiger partial charge on any atom is 0.251 e. The minimum Gasteiger partial charge on any atom is -0.508 e. The largest absolute Gasteiger partial charge is 0.508 e. The Morgan fingerprint density at radius 1 is 0.935 bits per heavy atom. The number of nitrogens with zero attached hydrogens (tertiary/aromatic N) is 2. The second kappa shape index (κ2) is 10.1. The number of hydrogen-bond donors (Lipinski definition) is 3. The number of nitrogens with one attached hydrogen (secondary N) is 2. The van der Waals surface area contributed by atoms with Crippen molar-refractivity contribution in [3.63, 3.8) is 0 Å². The predicted molar refractivity (Wildman–Crippen MR) is 122 cm³/mol. The first-order chi connectivity index (χ1) is 15.2. The molecular weight excluding hydrogens is 388 g/mol. The molecule has 0 aliphatic carbocycles. The van der Waals surface area contributed by atoms with Crippen molar-refractivity contribution in [3.8, 4) is 5.75 Å². The number of hydrogen-bond acceptors (Lipinski definition) is 5. The van der Waals surface area contributed by atoms with Crippen LogP contribution < -0.4 is 10.6 Å². The summed E-state index contributed by atoms with van der Waals surface area (Å²) in [6.45, 7) is 3.32. The van der Waals surface area contributed by atoms with E-state index in [9.17, 15) is 9.90 Å². The van der Waals surface area contributed by atoms with Gasteiger partial charge in [0.1, 0.15) is 5.75 Å². The molecule has 160 valence electrons. The van der Waals surface area contributed by atoms with Crippen molar-refractivity contribution in [2.45, 2.75) is 32.4 Å². The van der Waals surface area contributed by atoms with E-state index in [4.69, 9.17) is 0 Å². The number of anilines is 2. The molecule has 0 unspecified atom stereocenters. The van der Waals surface area contributed by atoms with Crippen LogP contribution in [0.3, 0.4) is 0 Å². The number of pyridine rings is 1. The number of likely N-dealkylation sites (tertiary alicyclic amines) is 1. The number of phenols is 1. The van der Waals surface area contributed by atoms with Crippen LogP contribution in [-0.4, -0.2) is 34.0 Å². The average molecular weight is 417 g/mol. The Hall–Kier alpha value is -3.38. The molecule has 0 radical (unpaired) electrons. The number of rotatable bonds is 7. The molecule has 1 amide bonds. The Labute approximate surface area is 182 Å². The molecule has 1 saturated heterocycles. The van der Waals surface area contributed by atoms with Gasteiger partial charge in [-0.15, -0.1) is 0 Å². The second-order valence-corrected chi connectivity index (χ2v) is 7.92. The Balaban J connectivity index is 1.33. The highest BCUT2D eigenvalue weighted by Gasteiger charge is 2.13. The van der Waals surface area contributed by atoms with Gasteiger partial charge in [0.15, 0.2) is 0 Å². The first-order valence-electron chi connectivity index (χ1n) is 10.8. The van der Waals surface area contributed by atoms with Gasteiger partial charge in [-0.3, -0.25) is 14.7 Å². The van der Waals surface area contributed by atoms with E-state index < -0.39 is 0 Å². The van der Waals surface area contributed by atoms with E-state index in [2.05, 4.69) is 20.5 Å². The van der Waals surface area contributed by atoms with Crippen LogP contribution in [0.1, 0.15) is 40.7 Å². The first-order valence-corrected chi connectivity index (χ1v) is 10.8. The van der Waals surface area contributed by atoms with Crippen LogP contribution in [0.25, 0.3) is 0 Å². The SMILES string of the molecule is O=C(NCc1ccc(O)c(CN2CCCCC2)c1)c1ccc(Nc2ccncc2)cc1. The van der Waals surface area contributed by atoms with E-state index >= 15 is 0 Å². The fraction of sp³-hybridized carbons (Fsp3) is 0.280. The van der Waals surface area contributed by atoms with Crippen LogP contribution >= 0.6 is 0 Å². The maximum absolute atomic E-state index is 12.6. The van der Waals surface area contributed by atoms with Crippen LogP contribution in [0.2, 0.25) is 0 Å². The van der Waals surface area contributed by atoms with Crippen LogP contribution in [0.4, 0.5) is 11.4 Å². The summed E-state index contributed by atoms with van der Waals surface area (Å²) in [5.74, 6) is 0.194. The lowest BCUT2D eigenvalue weighted by atomic mass is 10.1. The van der Waals surface area contributed by atoms with Crippen molar-refractivity contribution >= 4 is 17.3 Å². The third-order valence-electron chi connectivity index (χ3n) is 5.56. The number of carbonyl (C=O) groups excluding carboxylic acids is 1. The highest BCUT2D eigenvalue weighted by atomic mass is 16.3. The standard InChI is InChI=1S/C25H28N4O2/c30-24-9-4-19(16-21(24)18-29-14-2-1-3-15-29)17-27-25(31)20-5-7-22(8-6-20)28-23-10-12-26-13-11-23/h4-13,16,30H,1-3,14-15,17-18H2,(H,26,28)(H,27,31). The zero-order chi connectivity index (χ0) is 21.5. The molecule has 2 aromatic carbocycles. The van der Waals surface area contributed by atoms with E-state index in [0.29, 0.717) is 17.9 Å². The third-order valence-corrected chi connectivity index (χ3v) is 5.56. The number of aromatic hydroxyl groups is 1. The number of carbonyl (C=O) groups is 1. The summed E-state index contributed by atoms with van der Waals surface area (Å²) in [5, 5.41) is 16.5. The summed E-state index contributed by atoms with van der Waals surface area (Å²) in [7, 11) is 0. The molecule has 1 fully saturated rings. The Bertz CT molecular complexity index is 1000. The van der Waals surface area contributed by atoms with Crippen LogP contribution in [-0.2, 0) is 13.1 Å². The van der Waals surface area contributed by atoms with Gasteiger partial charge in [-0.05, 0) is 80.0 Å². The highest BCUT2D eigenvalue weighted by molar-refractivity contribution is 5.94. The molecule has 3 aromatic rings. The van der Waals surface area contributed by atoms with Gasteiger partial charge in [0.25, 0.3) is 5.91 Å². The van der Waals surface area contributed by atoms with E-state index in [0.717, 1.165) is 42.1 Å². The van der Waals surface area contributed by atoms with Gasteiger partial charge in [0.05, 0.1) is 0 Å². The fourth-order valence-electron chi connectivity index (χ4n) is 3.83. The summed E-state index contributed by atoms with van der Waals surface area (Å²) < 4.78 is 0. The monoisotopic (exact) mass is 416 g/mol. The van der Waals surface area contributed by atoms with Gasteiger partial charge >= 0.3 is 0 Å². The molecule has 0 bridgehead atoms. The van der Waals surface area contributed by atoms with Crippen LogP contribution in [0.5, 0.6) is 5.75 Å². The van der Waals surface area contributed by atoms with Crippen molar-refractivity contribution < 1.29 is 9.90 Å². The van der Waals surface area contributed by atoms with Gasteiger partial charge in [-0.25, -0.2) is 0 Å². The Kier molecular flexibility index (Phi) is 6.79. The minimum absolute atomic E-state index is 0.124. The number of piperidine rings is 1. The van der Waals surface area contributed by atoms with Gasteiger partial charge < -0.3 is 15.7 Å². The molecule has 6 nitrogen and oxygen atoms in total. The third kappa shape index (κ3) is 5.83. The van der Waals surface area contributed by atoms with E-state index in [1.807, 2.05) is 36.4 Å². The molecule has 0 spiro atoms. The molecule has 1 aliphatic heterocycles. The quantitative estimate of drug-likeness (QED) is 0.531. The molecule has 6 heteroatoms. The smallest absolute Gasteiger partial charge is 0.251 e. The summed E-state index contributed by atoms with van der Waals surface area (Å²) in [6.07, 6.45) is 7.17. The summed E-state index contributed by atoms with van der Waals surface area (Å²) in [6, 6.07) is 16.7. The first kappa shape index (κ1) is 20.9. The highest BCUT2D eigenvalue weighted by Crippen LogP contribution is 2.22. The lowest BCUT2D eigenvalue weighted by Gasteiger charge is -2.26. The lowest BCUT2D eigenvalue weighted by Crippen LogP contribution is -2.29. The van der Waals surface area contributed by atoms with Crippen LogP contribution in [0.15, 0.2) is 67.0 Å². The van der Waals surface area contributed by atoms with Gasteiger partial charge in [0, 0.05) is 48.0 Å². The molecule has 0 saturated carbocycles. The van der Waals surface area contributed by atoms with Gasteiger partial charge in [0.2, 0.25) is 0 Å². The van der Waals surface area contributed by atoms with Crippen LogP contribution in [0, 0.1) is 0 Å². The summed E-state index contributed by atoms with van der Waals surface area (Å²) >= 11 is 0. The van der Waals surface area contributed by atoms with Gasteiger partial charge in [-0.1, -0.05) is 12.5 Å².